The van der Waals surface area contributed by atoms with E-state index < -0.39 is 0 Å². The van der Waals surface area contributed by atoms with Gasteiger partial charge in [0.15, 0.2) is 0 Å². The smallest absolute Gasteiger partial charge is 0.337 e. The maximum Gasteiger partial charge on any atom is 0.337 e. The van der Waals surface area contributed by atoms with Gasteiger partial charge in [0.05, 0.1) is 24.9 Å². The van der Waals surface area contributed by atoms with Crippen LogP contribution < -0.4 is 9.64 Å². The summed E-state index contributed by atoms with van der Waals surface area (Å²) in [4.78, 5) is 13.6. The van der Waals surface area contributed by atoms with Crippen molar-refractivity contribution in [2.75, 3.05) is 25.2 Å². The van der Waals surface area contributed by atoms with E-state index in [9.17, 15) is 4.79 Å². The molecule has 4 heteroatoms. The van der Waals surface area contributed by atoms with E-state index in [0.29, 0.717) is 12.2 Å². The zero-order valence-electron chi connectivity index (χ0n) is 11.2. The zero-order valence-corrected chi connectivity index (χ0v) is 11.2. The molecule has 3 rings (SSSR count). The minimum Gasteiger partial charge on any atom is -0.490 e. The number of esters is 1. The van der Waals surface area contributed by atoms with E-state index in [-0.39, 0.29) is 5.97 Å². The van der Waals surface area contributed by atoms with Crippen LogP contribution in [0, 0.1) is 0 Å². The van der Waals surface area contributed by atoms with Crippen LogP contribution in [0.15, 0.2) is 48.5 Å². The highest BCUT2D eigenvalue weighted by molar-refractivity contribution is 5.90. The van der Waals surface area contributed by atoms with Crippen molar-refractivity contribution >= 4 is 17.3 Å². The van der Waals surface area contributed by atoms with Crippen LogP contribution in [0.1, 0.15) is 10.4 Å². The lowest BCUT2D eigenvalue weighted by molar-refractivity contribution is 0.0601. The monoisotopic (exact) mass is 269 g/mol. The third-order valence-corrected chi connectivity index (χ3v) is 3.33. The second kappa shape index (κ2) is 5.25. The highest BCUT2D eigenvalue weighted by atomic mass is 16.5. The molecule has 1 aliphatic heterocycles. The number of methoxy groups -OCH3 is 1. The first-order valence-corrected chi connectivity index (χ1v) is 6.47. The van der Waals surface area contributed by atoms with Gasteiger partial charge >= 0.3 is 5.97 Å². The second-order valence-corrected chi connectivity index (χ2v) is 4.51. The van der Waals surface area contributed by atoms with Crippen molar-refractivity contribution in [1.29, 1.82) is 0 Å². The Balaban J connectivity index is 1.92. The standard InChI is InChI=1S/C16H15NO3/c1-19-16(18)12-6-8-13(9-7-12)17-10-11-20-15-5-3-2-4-14(15)17/h2-9H,10-11H2,1H3. The normalized spacial score (nSPS) is 13.3. The fourth-order valence-electron chi connectivity index (χ4n) is 2.33. The van der Waals surface area contributed by atoms with Gasteiger partial charge < -0.3 is 14.4 Å². The minimum atomic E-state index is -0.320. The molecule has 4 nitrogen and oxygen atoms in total. The largest absolute Gasteiger partial charge is 0.490 e. The molecule has 20 heavy (non-hydrogen) atoms. The van der Waals surface area contributed by atoms with E-state index in [2.05, 4.69) is 4.90 Å². The molecule has 0 aliphatic carbocycles. The van der Waals surface area contributed by atoms with E-state index in [4.69, 9.17) is 9.47 Å². The summed E-state index contributed by atoms with van der Waals surface area (Å²) in [7, 11) is 1.38. The summed E-state index contributed by atoms with van der Waals surface area (Å²) in [5.41, 5.74) is 2.63. The van der Waals surface area contributed by atoms with Crippen molar-refractivity contribution in [1.82, 2.24) is 0 Å². The first-order valence-electron chi connectivity index (χ1n) is 6.47. The topological polar surface area (TPSA) is 38.8 Å². The first-order chi connectivity index (χ1) is 9.79. The van der Waals surface area contributed by atoms with Gasteiger partial charge in [0.1, 0.15) is 12.4 Å². The van der Waals surface area contributed by atoms with Gasteiger partial charge in [-0.05, 0) is 36.4 Å². The molecule has 0 saturated heterocycles. The molecule has 2 aromatic rings. The molecule has 0 unspecified atom stereocenters. The van der Waals surface area contributed by atoms with Crippen LogP contribution in [0.4, 0.5) is 11.4 Å². The number of nitrogens with zero attached hydrogens (tertiary/aromatic N) is 1. The van der Waals surface area contributed by atoms with Crippen LogP contribution in [0.5, 0.6) is 5.75 Å². The molecule has 0 spiro atoms. The number of anilines is 2. The highest BCUT2D eigenvalue weighted by Gasteiger charge is 2.19. The third kappa shape index (κ3) is 2.20. The molecule has 1 heterocycles. The van der Waals surface area contributed by atoms with E-state index in [1.165, 1.54) is 7.11 Å². The highest BCUT2D eigenvalue weighted by Crippen LogP contribution is 2.36. The van der Waals surface area contributed by atoms with Crippen molar-refractivity contribution in [2.24, 2.45) is 0 Å². The van der Waals surface area contributed by atoms with Crippen molar-refractivity contribution in [3.05, 3.63) is 54.1 Å². The number of fused-ring (bicyclic) bond motifs is 1. The van der Waals surface area contributed by atoms with E-state index in [0.717, 1.165) is 23.7 Å². The Morgan fingerprint density at radius 1 is 1.15 bits per heavy atom. The molecule has 0 radical (unpaired) electrons. The molecule has 2 aromatic carbocycles. The number of hydrogen-bond acceptors (Lipinski definition) is 4. The summed E-state index contributed by atoms with van der Waals surface area (Å²) < 4.78 is 10.3. The Morgan fingerprint density at radius 2 is 1.90 bits per heavy atom. The maximum absolute atomic E-state index is 11.4. The molecule has 0 fully saturated rings. The van der Waals surface area contributed by atoms with Crippen molar-refractivity contribution < 1.29 is 14.3 Å². The van der Waals surface area contributed by atoms with Crippen LogP contribution in [-0.4, -0.2) is 26.2 Å². The maximum atomic E-state index is 11.4. The molecule has 0 N–H and O–H groups in total. The Kier molecular flexibility index (Phi) is 3.29. The van der Waals surface area contributed by atoms with Crippen molar-refractivity contribution in [2.45, 2.75) is 0 Å². The molecule has 102 valence electrons. The molecular formula is C16H15NO3. The second-order valence-electron chi connectivity index (χ2n) is 4.51. The van der Waals surface area contributed by atoms with Crippen LogP contribution in [0.2, 0.25) is 0 Å². The third-order valence-electron chi connectivity index (χ3n) is 3.33. The molecule has 0 aromatic heterocycles. The Labute approximate surface area is 117 Å². The fraction of sp³-hybridized carbons (Fsp3) is 0.188. The molecule has 0 bridgehead atoms. The lowest BCUT2D eigenvalue weighted by atomic mass is 10.1. The molecule has 1 aliphatic rings. The fourth-order valence-corrected chi connectivity index (χ4v) is 2.33. The van der Waals surface area contributed by atoms with Crippen molar-refractivity contribution in [3.63, 3.8) is 0 Å². The molecule has 0 atom stereocenters. The lowest BCUT2D eigenvalue weighted by Gasteiger charge is -2.31. The Morgan fingerprint density at radius 3 is 2.65 bits per heavy atom. The summed E-state index contributed by atoms with van der Waals surface area (Å²) in [6, 6.07) is 15.3. The van der Waals surface area contributed by atoms with Gasteiger partial charge in [-0.15, -0.1) is 0 Å². The number of carbonyl (C=O) groups excluding carboxylic acids is 1. The number of benzene rings is 2. The van der Waals surface area contributed by atoms with Gasteiger partial charge in [0.2, 0.25) is 0 Å². The number of rotatable bonds is 2. The van der Waals surface area contributed by atoms with Crippen LogP contribution in [0.3, 0.4) is 0 Å². The van der Waals surface area contributed by atoms with Gasteiger partial charge in [-0.25, -0.2) is 4.79 Å². The van der Waals surface area contributed by atoms with E-state index in [1.807, 2.05) is 36.4 Å². The number of ether oxygens (including phenoxy) is 2. The Hall–Kier alpha value is -2.49. The number of para-hydroxylation sites is 2. The predicted molar refractivity (Wildman–Crippen MR) is 76.7 cm³/mol. The van der Waals surface area contributed by atoms with E-state index in [1.54, 1.807) is 12.1 Å². The van der Waals surface area contributed by atoms with Gasteiger partial charge in [-0.1, -0.05) is 12.1 Å². The van der Waals surface area contributed by atoms with Crippen molar-refractivity contribution in [3.8, 4) is 5.75 Å². The summed E-state index contributed by atoms with van der Waals surface area (Å²) in [6.07, 6.45) is 0. The average molecular weight is 269 g/mol. The van der Waals surface area contributed by atoms with Gasteiger partial charge in [0.25, 0.3) is 0 Å². The average Bonchev–Trinajstić information content (AvgIpc) is 2.54. The number of carbonyl (C=O) groups is 1. The van der Waals surface area contributed by atoms with E-state index >= 15 is 0 Å². The SMILES string of the molecule is COC(=O)c1ccc(N2CCOc3ccccc32)cc1. The molecule has 0 saturated carbocycles. The summed E-state index contributed by atoms with van der Waals surface area (Å²) >= 11 is 0. The Bertz CT molecular complexity index is 622. The summed E-state index contributed by atoms with van der Waals surface area (Å²) in [5, 5.41) is 0. The zero-order chi connectivity index (χ0) is 13.9. The number of hydrogen-bond donors (Lipinski definition) is 0. The van der Waals surface area contributed by atoms with Crippen LogP contribution >= 0.6 is 0 Å². The van der Waals surface area contributed by atoms with Gasteiger partial charge in [-0.2, -0.15) is 0 Å². The van der Waals surface area contributed by atoms with Gasteiger partial charge in [-0.3, -0.25) is 0 Å². The van der Waals surface area contributed by atoms with Gasteiger partial charge in [0, 0.05) is 5.69 Å². The minimum absolute atomic E-state index is 0.320. The molecular weight excluding hydrogens is 254 g/mol. The van der Waals surface area contributed by atoms with Crippen LogP contribution in [0.25, 0.3) is 0 Å². The summed E-state index contributed by atoms with van der Waals surface area (Å²) in [6.45, 7) is 1.43. The quantitative estimate of drug-likeness (QED) is 0.786. The lowest BCUT2D eigenvalue weighted by Crippen LogP contribution is -2.28. The summed E-state index contributed by atoms with van der Waals surface area (Å²) in [5.74, 6) is 0.565. The predicted octanol–water partition coefficient (Wildman–Crippen LogP) is 3.00. The first kappa shape index (κ1) is 12.5. The van der Waals surface area contributed by atoms with Crippen LogP contribution in [-0.2, 0) is 4.74 Å². The molecule has 0 amide bonds.